The lowest BCUT2D eigenvalue weighted by Gasteiger charge is -2.06. The number of hydrogen-bond acceptors (Lipinski definition) is 4. The maximum atomic E-state index is 11.3. The minimum atomic E-state index is -0.433. The van der Waals surface area contributed by atoms with E-state index in [0.717, 1.165) is 0 Å². The molecule has 2 aromatic carbocycles. The average molecular weight is 281 g/mol. The Morgan fingerprint density at radius 2 is 1.86 bits per heavy atom. The smallest absolute Gasteiger partial charge is 0.277 e. The Kier molecular flexibility index (Phi) is 4.26. The number of amides is 1. The molecule has 2 aromatic rings. The number of nitro benzene ring substituents is 1. The van der Waals surface area contributed by atoms with Gasteiger partial charge in [0.15, 0.2) is 0 Å². The van der Waals surface area contributed by atoms with Gasteiger partial charge in [-0.25, -0.2) is 0 Å². The van der Waals surface area contributed by atoms with Crippen LogP contribution in [0.2, 0.25) is 0 Å². The molecule has 0 saturated heterocycles. The van der Waals surface area contributed by atoms with Crippen molar-refractivity contribution in [1.29, 1.82) is 5.26 Å². The molecule has 0 bridgehead atoms. The Balaban J connectivity index is 2.26. The summed E-state index contributed by atoms with van der Waals surface area (Å²) in [7, 11) is 0. The predicted octanol–water partition coefficient (Wildman–Crippen LogP) is 3.11. The molecular formula is C15H11N3O3. The first kappa shape index (κ1) is 14.2. The SMILES string of the molecule is N#CCC(=O)Nc1ccc(-c2ccccc2[N+](=O)[O-])cc1. The fourth-order valence-electron chi connectivity index (χ4n) is 1.89. The highest BCUT2D eigenvalue weighted by atomic mass is 16.6. The molecule has 0 aliphatic carbocycles. The molecule has 6 heteroatoms. The van der Waals surface area contributed by atoms with Crippen LogP contribution in [0.15, 0.2) is 48.5 Å². The quantitative estimate of drug-likeness (QED) is 0.687. The molecule has 0 aliphatic rings. The summed E-state index contributed by atoms with van der Waals surface area (Å²) >= 11 is 0. The van der Waals surface area contributed by atoms with E-state index in [4.69, 9.17) is 5.26 Å². The summed E-state index contributed by atoms with van der Waals surface area (Å²) in [6.45, 7) is 0. The molecule has 0 fully saturated rings. The zero-order valence-corrected chi connectivity index (χ0v) is 10.9. The van der Waals surface area contributed by atoms with Gasteiger partial charge in [-0.05, 0) is 23.8 Å². The second kappa shape index (κ2) is 6.30. The fourth-order valence-corrected chi connectivity index (χ4v) is 1.89. The summed E-state index contributed by atoms with van der Waals surface area (Å²) < 4.78 is 0. The molecule has 6 nitrogen and oxygen atoms in total. The van der Waals surface area contributed by atoms with E-state index >= 15 is 0 Å². The maximum absolute atomic E-state index is 11.3. The molecule has 0 unspecified atom stereocenters. The van der Waals surface area contributed by atoms with Gasteiger partial charge in [0, 0.05) is 11.8 Å². The largest absolute Gasteiger partial charge is 0.325 e. The summed E-state index contributed by atoms with van der Waals surface area (Å²) in [5.41, 5.74) is 1.76. The first-order valence-corrected chi connectivity index (χ1v) is 6.12. The molecule has 0 heterocycles. The number of anilines is 1. The van der Waals surface area contributed by atoms with Crippen LogP contribution in [-0.2, 0) is 4.79 Å². The Morgan fingerprint density at radius 3 is 2.48 bits per heavy atom. The van der Waals surface area contributed by atoms with Crippen LogP contribution < -0.4 is 5.32 Å². The zero-order valence-electron chi connectivity index (χ0n) is 10.9. The van der Waals surface area contributed by atoms with E-state index in [9.17, 15) is 14.9 Å². The fraction of sp³-hybridized carbons (Fsp3) is 0.0667. The summed E-state index contributed by atoms with van der Waals surface area (Å²) in [6, 6.07) is 14.9. The van der Waals surface area contributed by atoms with Gasteiger partial charge in [-0.15, -0.1) is 0 Å². The lowest BCUT2D eigenvalue weighted by Crippen LogP contribution is -2.09. The third-order valence-corrected chi connectivity index (χ3v) is 2.82. The van der Waals surface area contributed by atoms with Crippen molar-refractivity contribution in [3.8, 4) is 17.2 Å². The Bertz CT molecular complexity index is 718. The summed E-state index contributed by atoms with van der Waals surface area (Å²) in [4.78, 5) is 21.9. The van der Waals surface area contributed by atoms with Crippen LogP contribution in [0.5, 0.6) is 0 Å². The number of benzene rings is 2. The molecular weight excluding hydrogens is 270 g/mol. The summed E-state index contributed by atoms with van der Waals surface area (Å²) in [5, 5.41) is 22.0. The summed E-state index contributed by atoms with van der Waals surface area (Å²) in [5.74, 6) is -0.393. The monoisotopic (exact) mass is 281 g/mol. The highest BCUT2D eigenvalue weighted by Crippen LogP contribution is 2.30. The van der Waals surface area contributed by atoms with E-state index in [1.807, 2.05) is 0 Å². The molecule has 0 aromatic heterocycles. The van der Waals surface area contributed by atoms with Gasteiger partial charge in [-0.2, -0.15) is 5.26 Å². The summed E-state index contributed by atoms with van der Waals surface area (Å²) in [6.07, 6.45) is -0.216. The number of carbonyl (C=O) groups excluding carboxylic acids is 1. The Morgan fingerprint density at radius 1 is 1.19 bits per heavy atom. The number of para-hydroxylation sites is 1. The van der Waals surface area contributed by atoms with Gasteiger partial charge in [0.25, 0.3) is 5.69 Å². The molecule has 104 valence electrons. The molecule has 0 spiro atoms. The lowest BCUT2D eigenvalue weighted by molar-refractivity contribution is -0.384. The highest BCUT2D eigenvalue weighted by molar-refractivity contribution is 5.92. The van der Waals surface area contributed by atoms with Crippen molar-refractivity contribution in [3.05, 3.63) is 58.6 Å². The number of nitriles is 1. The number of hydrogen-bond donors (Lipinski definition) is 1. The van der Waals surface area contributed by atoms with Crippen LogP contribution in [0.3, 0.4) is 0 Å². The average Bonchev–Trinajstić information content (AvgIpc) is 2.48. The van der Waals surface area contributed by atoms with Crippen molar-refractivity contribution in [1.82, 2.24) is 0 Å². The number of rotatable bonds is 4. The number of nitrogens with one attached hydrogen (secondary N) is 1. The van der Waals surface area contributed by atoms with Gasteiger partial charge < -0.3 is 5.32 Å². The van der Waals surface area contributed by atoms with E-state index in [-0.39, 0.29) is 12.1 Å². The van der Waals surface area contributed by atoms with Crippen LogP contribution in [0, 0.1) is 21.4 Å². The molecule has 1 N–H and O–H groups in total. The van der Waals surface area contributed by atoms with Crippen LogP contribution in [-0.4, -0.2) is 10.8 Å². The van der Waals surface area contributed by atoms with Crippen LogP contribution >= 0.6 is 0 Å². The predicted molar refractivity (Wildman–Crippen MR) is 77.4 cm³/mol. The van der Waals surface area contributed by atoms with Crippen molar-refractivity contribution in [3.63, 3.8) is 0 Å². The van der Waals surface area contributed by atoms with E-state index in [2.05, 4.69) is 5.32 Å². The van der Waals surface area contributed by atoms with E-state index < -0.39 is 10.8 Å². The minimum Gasteiger partial charge on any atom is -0.325 e. The second-order valence-corrected chi connectivity index (χ2v) is 4.23. The molecule has 0 aliphatic heterocycles. The highest BCUT2D eigenvalue weighted by Gasteiger charge is 2.13. The topological polar surface area (TPSA) is 96.0 Å². The van der Waals surface area contributed by atoms with Gasteiger partial charge in [-0.1, -0.05) is 24.3 Å². The van der Waals surface area contributed by atoms with Crippen LogP contribution in [0.1, 0.15) is 6.42 Å². The number of nitro groups is 1. The first-order valence-electron chi connectivity index (χ1n) is 6.12. The van der Waals surface area contributed by atoms with Crippen molar-refractivity contribution in [2.45, 2.75) is 6.42 Å². The second-order valence-electron chi connectivity index (χ2n) is 4.23. The lowest BCUT2D eigenvalue weighted by atomic mass is 10.0. The van der Waals surface area contributed by atoms with E-state index in [1.54, 1.807) is 48.5 Å². The van der Waals surface area contributed by atoms with Gasteiger partial charge in [0.05, 0.1) is 16.6 Å². The van der Waals surface area contributed by atoms with Crippen molar-refractivity contribution in [2.24, 2.45) is 0 Å². The number of nitrogens with zero attached hydrogens (tertiary/aromatic N) is 2. The van der Waals surface area contributed by atoms with Gasteiger partial charge >= 0.3 is 0 Å². The van der Waals surface area contributed by atoms with Gasteiger partial charge in [0.2, 0.25) is 5.91 Å². The maximum Gasteiger partial charge on any atom is 0.277 e. The Hall–Kier alpha value is -3.20. The third-order valence-electron chi connectivity index (χ3n) is 2.82. The molecule has 2 rings (SSSR count). The van der Waals surface area contributed by atoms with Crippen LogP contribution in [0.25, 0.3) is 11.1 Å². The molecule has 0 radical (unpaired) electrons. The van der Waals surface area contributed by atoms with Crippen molar-refractivity contribution >= 4 is 17.3 Å². The number of carbonyl (C=O) groups is 1. The molecule has 1 amide bonds. The molecule has 0 saturated carbocycles. The van der Waals surface area contributed by atoms with Gasteiger partial charge in [-0.3, -0.25) is 14.9 Å². The normalized spacial score (nSPS) is 9.67. The third kappa shape index (κ3) is 3.42. The minimum absolute atomic E-state index is 0.0266. The van der Waals surface area contributed by atoms with Crippen LogP contribution in [0.4, 0.5) is 11.4 Å². The molecule has 21 heavy (non-hydrogen) atoms. The van der Waals surface area contributed by atoms with E-state index in [1.165, 1.54) is 6.07 Å². The van der Waals surface area contributed by atoms with Crippen molar-refractivity contribution in [2.75, 3.05) is 5.32 Å². The molecule has 0 atom stereocenters. The standard InChI is InChI=1S/C15H11N3O3/c16-10-9-15(19)17-12-7-5-11(6-8-12)13-3-1-2-4-14(13)18(20)21/h1-8H,9H2,(H,17,19). The van der Waals surface area contributed by atoms with Gasteiger partial charge in [0.1, 0.15) is 6.42 Å². The zero-order chi connectivity index (χ0) is 15.2. The Labute approximate surface area is 120 Å². The van der Waals surface area contributed by atoms with Crippen molar-refractivity contribution < 1.29 is 9.72 Å². The van der Waals surface area contributed by atoms with E-state index in [0.29, 0.717) is 16.8 Å². The first-order chi connectivity index (χ1) is 10.1.